The molecule has 2 N–H and O–H groups in total. The van der Waals surface area contributed by atoms with Crippen LogP contribution in [-0.4, -0.2) is 22.4 Å². The third-order valence-corrected chi connectivity index (χ3v) is 3.87. The number of nitro groups is 1. The predicted molar refractivity (Wildman–Crippen MR) is 80.3 cm³/mol. The van der Waals surface area contributed by atoms with Crippen LogP contribution in [0, 0.1) is 10.1 Å². The van der Waals surface area contributed by atoms with Gasteiger partial charge in [0.05, 0.1) is 21.1 Å². The average Bonchev–Trinajstić information content (AvgIpc) is 2.49. The van der Waals surface area contributed by atoms with Gasteiger partial charge in [0.25, 0.3) is 5.69 Å². The molecule has 0 aliphatic carbocycles. The molecule has 2 aromatic rings. The summed E-state index contributed by atoms with van der Waals surface area (Å²) in [4.78, 5) is 32.9. The second-order valence-corrected chi connectivity index (χ2v) is 5.19. The first-order valence-corrected chi connectivity index (χ1v) is 6.83. The molecule has 0 bridgehead atoms. The van der Waals surface area contributed by atoms with Crippen molar-refractivity contribution >= 4 is 35.5 Å². The lowest BCUT2D eigenvalue weighted by Gasteiger charge is -2.08. The van der Waals surface area contributed by atoms with Crippen LogP contribution < -0.4 is 5.32 Å². The van der Waals surface area contributed by atoms with Crippen molar-refractivity contribution in [1.82, 2.24) is 0 Å². The fourth-order valence-corrected chi connectivity index (χ4v) is 2.73. The normalized spacial score (nSPS) is 10.0. The number of nitro benzene ring substituents is 1. The Morgan fingerprint density at radius 1 is 1.23 bits per heavy atom. The van der Waals surface area contributed by atoms with Gasteiger partial charge in [-0.05, 0) is 24.3 Å². The molecule has 2 rings (SSSR count). The minimum absolute atomic E-state index is 0.157. The van der Waals surface area contributed by atoms with Crippen LogP contribution in [0.4, 0.5) is 11.4 Å². The zero-order valence-electron chi connectivity index (χ0n) is 11.1. The predicted octanol–water partition coefficient (Wildman–Crippen LogP) is 3.01. The van der Waals surface area contributed by atoms with E-state index in [4.69, 9.17) is 5.11 Å². The van der Waals surface area contributed by atoms with Crippen molar-refractivity contribution < 1.29 is 19.6 Å². The van der Waals surface area contributed by atoms with E-state index < -0.39 is 10.9 Å². The van der Waals surface area contributed by atoms with Crippen molar-refractivity contribution in [3.05, 3.63) is 58.1 Å². The SMILES string of the molecule is O=CNc1ccccc1Sc1ccc(C(=O)O)cc1[N+](=O)[O-]. The molecule has 0 radical (unpaired) electrons. The highest BCUT2D eigenvalue weighted by atomic mass is 32.2. The monoisotopic (exact) mass is 318 g/mol. The number of hydrogen-bond donors (Lipinski definition) is 2. The van der Waals surface area contributed by atoms with E-state index in [1.165, 1.54) is 12.1 Å². The average molecular weight is 318 g/mol. The molecule has 0 aliphatic heterocycles. The lowest BCUT2D eigenvalue weighted by Crippen LogP contribution is -1.99. The number of carboxylic acids is 1. The number of anilines is 1. The molecule has 22 heavy (non-hydrogen) atoms. The third kappa shape index (κ3) is 3.41. The van der Waals surface area contributed by atoms with Gasteiger partial charge in [0.2, 0.25) is 6.41 Å². The summed E-state index contributed by atoms with van der Waals surface area (Å²) in [5.41, 5.74) is 0.0558. The minimum atomic E-state index is -1.23. The van der Waals surface area contributed by atoms with E-state index in [1.54, 1.807) is 24.3 Å². The molecule has 7 nitrogen and oxygen atoms in total. The first-order chi connectivity index (χ1) is 10.5. The molecule has 2 aromatic carbocycles. The summed E-state index contributed by atoms with van der Waals surface area (Å²) >= 11 is 1.07. The van der Waals surface area contributed by atoms with Crippen molar-refractivity contribution in [3.63, 3.8) is 0 Å². The number of rotatable bonds is 6. The van der Waals surface area contributed by atoms with Gasteiger partial charge in [-0.2, -0.15) is 0 Å². The highest BCUT2D eigenvalue weighted by Gasteiger charge is 2.19. The van der Waals surface area contributed by atoms with Gasteiger partial charge in [-0.25, -0.2) is 4.79 Å². The van der Waals surface area contributed by atoms with Gasteiger partial charge in [0.15, 0.2) is 0 Å². The summed E-state index contributed by atoms with van der Waals surface area (Å²) in [7, 11) is 0. The lowest BCUT2D eigenvalue weighted by molar-refractivity contribution is -0.387. The number of nitrogens with one attached hydrogen (secondary N) is 1. The lowest BCUT2D eigenvalue weighted by atomic mass is 10.2. The zero-order chi connectivity index (χ0) is 16.1. The molecular formula is C14H10N2O5S. The second-order valence-electron chi connectivity index (χ2n) is 4.11. The minimum Gasteiger partial charge on any atom is -0.478 e. The van der Waals surface area contributed by atoms with E-state index in [0.29, 0.717) is 17.0 Å². The van der Waals surface area contributed by atoms with E-state index in [-0.39, 0.29) is 16.1 Å². The summed E-state index contributed by atoms with van der Waals surface area (Å²) in [6.07, 6.45) is 0.515. The number of nitrogens with zero attached hydrogens (tertiary/aromatic N) is 1. The van der Waals surface area contributed by atoms with Gasteiger partial charge >= 0.3 is 5.97 Å². The number of aromatic carboxylic acids is 1. The van der Waals surface area contributed by atoms with E-state index in [9.17, 15) is 19.7 Å². The quantitative estimate of drug-likeness (QED) is 0.481. The molecule has 0 unspecified atom stereocenters. The molecule has 0 saturated carbocycles. The van der Waals surface area contributed by atoms with Gasteiger partial charge in [0, 0.05) is 11.0 Å². The largest absolute Gasteiger partial charge is 0.478 e. The molecule has 0 aliphatic rings. The first-order valence-electron chi connectivity index (χ1n) is 6.01. The summed E-state index contributed by atoms with van der Waals surface area (Å²) in [6.45, 7) is 0. The number of amides is 1. The number of carbonyl (C=O) groups excluding carboxylic acids is 1. The molecule has 0 aromatic heterocycles. The number of hydrogen-bond acceptors (Lipinski definition) is 5. The van der Waals surface area contributed by atoms with E-state index in [1.807, 2.05) is 0 Å². The van der Waals surface area contributed by atoms with Crippen LogP contribution in [0.2, 0.25) is 0 Å². The summed E-state index contributed by atoms with van der Waals surface area (Å²) in [5, 5.41) is 22.5. The van der Waals surface area contributed by atoms with E-state index >= 15 is 0 Å². The van der Waals surface area contributed by atoms with Gasteiger partial charge in [-0.1, -0.05) is 23.9 Å². The van der Waals surface area contributed by atoms with Crippen LogP contribution in [0.1, 0.15) is 10.4 Å². The van der Waals surface area contributed by atoms with Crippen molar-refractivity contribution in [2.45, 2.75) is 9.79 Å². The Balaban J connectivity index is 2.43. The Kier molecular flexibility index (Phi) is 4.74. The highest BCUT2D eigenvalue weighted by Crippen LogP contribution is 2.38. The van der Waals surface area contributed by atoms with Gasteiger partial charge in [-0.3, -0.25) is 14.9 Å². The molecule has 0 heterocycles. The van der Waals surface area contributed by atoms with Crippen molar-refractivity contribution in [2.75, 3.05) is 5.32 Å². The Morgan fingerprint density at radius 2 is 1.95 bits per heavy atom. The topological polar surface area (TPSA) is 110 Å². The summed E-state index contributed by atoms with van der Waals surface area (Å²) in [6, 6.07) is 10.5. The zero-order valence-corrected chi connectivity index (χ0v) is 11.9. The molecule has 112 valence electrons. The molecule has 1 amide bonds. The number of benzene rings is 2. The fourth-order valence-electron chi connectivity index (χ4n) is 1.74. The van der Waals surface area contributed by atoms with Crippen LogP contribution in [-0.2, 0) is 4.79 Å². The van der Waals surface area contributed by atoms with Crippen molar-refractivity contribution in [2.24, 2.45) is 0 Å². The van der Waals surface area contributed by atoms with Crippen molar-refractivity contribution in [1.29, 1.82) is 0 Å². The van der Waals surface area contributed by atoms with E-state index in [0.717, 1.165) is 17.8 Å². The third-order valence-electron chi connectivity index (χ3n) is 2.72. The van der Waals surface area contributed by atoms with Gasteiger partial charge in [-0.15, -0.1) is 0 Å². The van der Waals surface area contributed by atoms with Crippen LogP contribution >= 0.6 is 11.8 Å². The van der Waals surface area contributed by atoms with Crippen LogP contribution in [0.25, 0.3) is 0 Å². The molecule has 0 atom stereocenters. The molecule has 8 heteroatoms. The summed E-state index contributed by atoms with van der Waals surface area (Å²) in [5.74, 6) is -1.23. The summed E-state index contributed by atoms with van der Waals surface area (Å²) < 4.78 is 0. The maximum absolute atomic E-state index is 11.1. The van der Waals surface area contributed by atoms with Gasteiger partial charge in [0.1, 0.15) is 0 Å². The Hall–Kier alpha value is -2.87. The molecule has 0 spiro atoms. The number of carboxylic acid groups (broad SMARTS) is 1. The number of carbonyl (C=O) groups is 2. The maximum atomic E-state index is 11.1. The maximum Gasteiger partial charge on any atom is 0.335 e. The van der Waals surface area contributed by atoms with Crippen LogP contribution in [0.15, 0.2) is 52.3 Å². The Labute approximate surface area is 129 Å². The Morgan fingerprint density at radius 3 is 2.59 bits per heavy atom. The number of para-hydroxylation sites is 1. The van der Waals surface area contributed by atoms with Gasteiger partial charge < -0.3 is 10.4 Å². The molecule has 0 saturated heterocycles. The Bertz CT molecular complexity index is 748. The van der Waals surface area contributed by atoms with Crippen molar-refractivity contribution in [3.8, 4) is 0 Å². The smallest absolute Gasteiger partial charge is 0.335 e. The van der Waals surface area contributed by atoms with Crippen LogP contribution in [0.5, 0.6) is 0 Å². The molecular weight excluding hydrogens is 308 g/mol. The standard InChI is InChI=1S/C14H10N2O5S/c17-8-15-10-3-1-2-4-12(10)22-13-6-5-9(14(18)19)7-11(13)16(20)21/h1-8H,(H,15,17)(H,18,19). The highest BCUT2D eigenvalue weighted by molar-refractivity contribution is 7.99. The second kappa shape index (κ2) is 6.72. The molecule has 0 fully saturated rings. The fraction of sp³-hybridized carbons (Fsp3) is 0. The first kappa shape index (κ1) is 15.5. The van der Waals surface area contributed by atoms with E-state index in [2.05, 4.69) is 5.32 Å². The van der Waals surface area contributed by atoms with Crippen LogP contribution in [0.3, 0.4) is 0 Å².